The van der Waals surface area contributed by atoms with E-state index in [2.05, 4.69) is 104 Å². The minimum Gasteiger partial charge on any atom is -0.300 e. The lowest BCUT2D eigenvalue weighted by molar-refractivity contribution is 0.132. The molecular formula is C28H42N4S2. The maximum absolute atomic E-state index is 2.65. The molecule has 2 aliphatic rings. The van der Waals surface area contributed by atoms with Crippen molar-refractivity contribution < 1.29 is 0 Å². The van der Waals surface area contributed by atoms with E-state index in [-0.39, 0.29) is 0 Å². The van der Waals surface area contributed by atoms with E-state index in [0.29, 0.717) is 0 Å². The third kappa shape index (κ3) is 8.28. The van der Waals surface area contributed by atoms with E-state index in [1.54, 1.807) is 0 Å². The molecule has 34 heavy (non-hydrogen) atoms. The van der Waals surface area contributed by atoms with Gasteiger partial charge in [-0.15, -0.1) is 0 Å². The standard InChI is InChI=1S/C28H42N4S2/c1-25-7-3-5-9-27(25)23-31-15-11-29(12-16-31)19-21-33-34-22-20-30-13-17-32(18-14-30)24-28-10-6-4-8-26(28)2/h3-10H,11-24H2,1-2H3. The number of rotatable bonds is 11. The fourth-order valence-electron chi connectivity index (χ4n) is 4.85. The Balaban J connectivity index is 1.01. The summed E-state index contributed by atoms with van der Waals surface area (Å²) in [6, 6.07) is 17.6. The Kier molecular flexibility index (Phi) is 10.7. The first kappa shape index (κ1) is 26.1. The van der Waals surface area contributed by atoms with E-state index in [0.717, 1.165) is 13.1 Å². The topological polar surface area (TPSA) is 13.0 Å². The van der Waals surface area contributed by atoms with Gasteiger partial charge in [-0.3, -0.25) is 19.6 Å². The molecule has 0 aliphatic carbocycles. The van der Waals surface area contributed by atoms with Crippen LogP contribution in [-0.2, 0) is 13.1 Å². The van der Waals surface area contributed by atoms with Crippen LogP contribution < -0.4 is 0 Å². The van der Waals surface area contributed by atoms with Crippen molar-refractivity contribution >= 4 is 21.6 Å². The molecule has 2 saturated heterocycles. The minimum absolute atomic E-state index is 1.10. The van der Waals surface area contributed by atoms with Gasteiger partial charge in [0, 0.05) is 90.0 Å². The third-order valence-electron chi connectivity index (χ3n) is 7.31. The first-order chi connectivity index (χ1) is 16.7. The molecule has 4 rings (SSSR count). The zero-order chi connectivity index (χ0) is 23.6. The Morgan fingerprint density at radius 2 is 0.882 bits per heavy atom. The van der Waals surface area contributed by atoms with Crippen molar-refractivity contribution in [3.8, 4) is 0 Å². The summed E-state index contributed by atoms with van der Waals surface area (Å²) in [4.78, 5) is 10.5. The van der Waals surface area contributed by atoms with Crippen molar-refractivity contribution in [2.24, 2.45) is 0 Å². The molecule has 6 heteroatoms. The molecule has 186 valence electrons. The highest BCUT2D eigenvalue weighted by molar-refractivity contribution is 8.76. The Labute approximate surface area is 215 Å². The van der Waals surface area contributed by atoms with Crippen molar-refractivity contribution in [3.05, 3.63) is 70.8 Å². The summed E-state index contributed by atoms with van der Waals surface area (Å²) < 4.78 is 0. The number of benzene rings is 2. The van der Waals surface area contributed by atoms with E-state index < -0.39 is 0 Å². The number of hydrogen-bond acceptors (Lipinski definition) is 6. The van der Waals surface area contributed by atoms with Gasteiger partial charge in [0.1, 0.15) is 0 Å². The van der Waals surface area contributed by atoms with Gasteiger partial charge in [-0.2, -0.15) is 0 Å². The molecule has 0 spiro atoms. The zero-order valence-corrected chi connectivity index (χ0v) is 22.8. The van der Waals surface area contributed by atoms with Crippen LogP contribution in [0.15, 0.2) is 48.5 Å². The van der Waals surface area contributed by atoms with E-state index >= 15 is 0 Å². The van der Waals surface area contributed by atoms with Gasteiger partial charge in [0.25, 0.3) is 0 Å². The summed E-state index contributed by atoms with van der Waals surface area (Å²) in [5.41, 5.74) is 5.80. The predicted octanol–water partition coefficient (Wildman–Crippen LogP) is 4.62. The molecule has 2 heterocycles. The average molecular weight is 499 g/mol. The molecule has 2 aliphatic heterocycles. The van der Waals surface area contributed by atoms with E-state index in [1.807, 2.05) is 0 Å². The highest BCUT2D eigenvalue weighted by atomic mass is 33.1. The zero-order valence-electron chi connectivity index (χ0n) is 21.1. The Morgan fingerprint density at radius 1 is 0.529 bits per heavy atom. The second-order valence-electron chi connectivity index (χ2n) is 9.73. The molecule has 2 aromatic carbocycles. The highest BCUT2D eigenvalue weighted by Crippen LogP contribution is 2.22. The Hall–Kier alpha value is -1.02. The van der Waals surface area contributed by atoms with Gasteiger partial charge in [0.15, 0.2) is 0 Å². The van der Waals surface area contributed by atoms with Gasteiger partial charge in [-0.25, -0.2) is 0 Å². The Bertz CT molecular complexity index is 789. The van der Waals surface area contributed by atoms with Crippen molar-refractivity contribution in [1.29, 1.82) is 0 Å². The lowest BCUT2D eigenvalue weighted by Gasteiger charge is -2.35. The normalized spacial score (nSPS) is 19.0. The summed E-state index contributed by atoms with van der Waals surface area (Å²) >= 11 is 0. The quantitative estimate of drug-likeness (QED) is 0.329. The molecular weight excluding hydrogens is 456 g/mol. The van der Waals surface area contributed by atoms with Gasteiger partial charge in [0.2, 0.25) is 0 Å². The molecule has 0 unspecified atom stereocenters. The molecule has 4 nitrogen and oxygen atoms in total. The number of aryl methyl sites for hydroxylation is 2. The monoisotopic (exact) mass is 498 g/mol. The van der Waals surface area contributed by atoms with E-state index in [4.69, 9.17) is 0 Å². The van der Waals surface area contributed by atoms with E-state index in [1.165, 1.54) is 99.2 Å². The molecule has 0 saturated carbocycles. The number of nitrogens with zero attached hydrogens (tertiary/aromatic N) is 4. The van der Waals surface area contributed by atoms with E-state index in [9.17, 15) is 0 Å². The first-order valence-corrected chi connectivity index (χ1v) is 15.4. The average Bonchev–Trinajstić information content (AvgIpc) is 2.86. The van der Waals surface area contributed by atoms with Gasteiger partial charge in [0.05, 0.1) is 0 Å². The van der Waals surface area contributed by atoms with Crippen molar-refractivity contribution in [2.75, 3.05) is 77.0 Å². The van der Waals surface area contributed by atoms with Crippen LogP contribution in [0.2, 0.25) is 0 Å². The molecule has 0 bridgehead atoms. The molecule has 0 radical (unpaired) electrons. The lowest BCUT2D eigenvalue weighted by Crippen LogP contribution is -2.46. The molecule has 2 aromatic rings. The largest absolute Gasteiger partial charge is 0.300 e. The summed E-state index contributed by atoms with van der Waals surface area (Å²) in [5.74, 6) is 2.49. The van der Waals surface area contributed by atoms with Crippen LogP contribution in [-0.4, -0.2) is 96.6 Å². The minimum atomic E-state index is 1.10. The maximum atomic E-state index is 2.65. The van der Waals surface area contributed by atoms with Gasteiger partial charge in [-0.05, 0) is 36.1 Å². The molecule has 0 N–H and O–H groups in total. The van der Waals surface area contributed by atoms with Crippen molar-refractivity contribution in [1.82, 2.24) is 19.6 Å². The summed E-state index contributed by atoms with van der Waals surface area (Å²) in [5, 5.41) is 0. The summed E-state index contributed by atoms with van der Waals surface area (Å²) in [7, 11) is 4.14. The number of piperazine rings is 2. The molecule has 0 amide bonds. The Morgan fingerprint density at radius 3 is 1.26 bits per heavy atom. The molecule has 0 atom stereocenters. The van der Waals surface area contributed by atoms with Crippen LogP contribution >= 0.6 is 21.6 Å². The predicted molar refractivity (Wildman–Crippen MR) is 151 cm³/mol. The number of hydrogen-bond donors (Lipinski definition) is 0. The SMILES string of the molecule is Cc1ccccc1CN1CCN(CCSSCCN2CCN(Cc3ccccc3C)CC2)CC1. The van der Waals surface area contributed by atoms with Crippen molar-refractivity contribution in [3.63, 3.8) is 0 Å². The van der Waals surface area contributed by atoms with Gasteiger partial charge in [-0.1, -0.05) is 70.1 Å². The van der Waals surface area contributed by atoms with Crippen molar-refractivity contribution in [2.45, 2.75) is 26.9 Å². The molecule has 2 fully saturated rings. The highest BCUT2D eigenvalue weighted by Gasteiger charge is 2.18. The fraction of sp³-hybridized carbons (Fsp3) is 0.571. The maximum Gasteiger partial charge on any atom is 0.0237 e. The van der Waals surface area contributed by atoms with Gasteiger partial charge >= 0.3 is 0 Å². The smallest absolute Gasteiger partial charge is 0.0237 e. The van der Waals surface area contributed by atoms with Crippen LogP contribution in [0.25, 0.3) is 0 Å². The summed E-state index contributed by atoms with van der Waals surface area (Å²) in [6.45, 7) is 18.8. The first-order valence-electron chi connectivity index (χ1n) is 12.9. The second kappa shape index (κ2) is 13.9. The van der Waals surface area contributed by atoms with Crippen LogP contribution in [0.4, 0.5) is 0 Å². The van der Waals surface area contributed by atoms with Crippen LogP contribution in [0.1, 0.15) is 22.3 Å². The fourth-order valence-corrected chi connectivity index (χ4v) is 6.90. The van der Waals surface area contributed by atoms with Crippen LogP contribution in [0.3, 0.4) is 0 Å². The van der Waals surface area contributed by atoms with Crippen LogP contribution in [0, 0.1) is 13.8 Å². The summed E-state index contributed by atoms with van der Waals surface area (Å²) in [6.07, 6.45) is 0. The third-order valence-corrected chi connectivity index (χ3v) is 9.67. The second-order valence-corrected chi connectivity index (χ2v) is 12.4. The molecule has 0 aromatic heterocycles. The van der Waals surface area contributed by atoms with Crippen LogP contribution in [0.5, 0.6) is 0 Å². The lowest BCUT2D eigenvalue weighted by atomic mass is 10.1. The van der Waals surface area contributed by atoms with Gasteiger partial charge < -0.3 is 0 Å².